The molecule has 0 bridgehead atoms. The quantitative estimate of drug-likeness (QED) is 0.161. The van der Waals surface area contributed by atoms with Crippen LogP contribution in [0.3, 0.4) is 0 Å². The number of rotatable bonds is 5. The predicted octanol–water partition coefficient (Wildman–Crippen LogP) is 23.4. The molecule has 8 aromatic carbocycles. The molecule has 1 atom stereocenters. The summed E-state index contributed by atoms with van der Waals surface area (Å²) in [6, 6.07) is 52.2. The first-order valence-corrected chi connectivity index (χ1v) is 30.9. The van der Waals surface area contributed by atoms with Gasteiger partial charge in [-0.2, -0.15) is 0 Å². The van der Waals surface area contributed by atoms with Gasteiger partial charge in [0.25, 0.3) is 0 Å². The zero-order valence-electron chi connectivity index (χ0n) is 55.1. The summed E-state index contributed by atoms with van der Waals surface area (Å²) in [5, 5.41) is 5.31. The molecule has 0 heterocycles. The number of hydrogen-bond donors (Lipinski definition) is 0. The Morgan fingerprint density at radius 2 is 0.756 bits per heavy atom. The Bertz CT molecular complexity index is 3920. The first kappa shape index (κ1) is 58.9. The third-order valence-electron chi connectivity index (χ3n) is 18.3. The third kappa shape index (κ3) is 10.5. The van der Waals surface area contributed by atoms with E-state index in [1.54, 1.807) is 0 Å². The van der Waals surface area contributed by atoms with E-state index in [-0.39, 0.29) is 49.2 Å². The van der Waals surface area contributed by atoms with E-state index < -0.39 is 0 Å². The monoisotopic (exact) mass is 1080 g/mol. The number of hydrogen-bond acceptors (Lipinski definition) is 0. The van der Waals surface area contributed by atoms with Gasteiger partial charge in [0.05, 0.1) is 0 Å². The maximum absolute atomic E-state index is 2.62. The molecule has 0 nitrogen and oxygen atoms in total. The van der Waals surface area contributed by atoms with E-state index in [1.807, 2.05) is 0 Å². The lowest BCUT2D eigenvalue weighted by molar-refractivity contribution is 0.561. The van der Waals surface area contributed by atoms with Crippen LogP contribution in [0.2, 0.25) is 0 Å². The van der Waals surface area contributed by atoms with E-state index >= 15 is 0 Å². The number of allylic oxidation sites excluding steroid dienone is 2. The molecule has 0 spiro atoms. The highest BCUT2D eigenvalue weighted by Gasteiger charge is 2.42. The molecular weight excluding hydrogens is 985 g/mol. The molecule has 0 aromatic heterocycles. The van der Waals surface area contributed by atoms with Gasteiger partial charge in [0.15, 0.2) is 0 Å². The first-order valence-electron chi connectivity index (χ1n) is 30.9. The second-order valence-corrected chi connectivity index (χ2v) is 33.1. The fraction of sp³-hybridized carbons (Fsp3) is 0.415. The molecule has 0 amide bonds. The fourth-order valence-electron chi connectivity index (χ4n) is 13.7. The van der Waals surface area contributed by atoms with Crippen molar-refractivity contribution in [2.45, 2.75) is 222 Å². The summed E-state index contributed by atoms with van der Waals surface area (Å²) in [6.07, 6.45) is 5.81. The van der Waals surface area contributed by atoms with Gasteiger partial charge < -0.3 is 0 Å². The molecule has 0 radical (unpaired) electrons. The van der Waals surface area contributed by atoms with E-state index in [4.69, 9.17) is 0 Å². The SMILES string of the molecule is CC(C)(C)c1ccc(C2=C(c3ccc(C(C)(C)C)cc3C(C)(C)C)C(c3ccc(C(C)(C)C)cc3C(C)(C)C)c3cccc4cc(-c5ccc(C(C)(C)C)cc5C(C)(C)C)c(-c5ccc6cccc7c6c5C=CC7)c2c34)c(C(C)(C)C)c1. The van der Waals surface area contributed by atoms with Crippen molar-refractivity contribution >= 4 is 38.8 Å². The summed E-state index contributed by atoms with van der Waals surface area (Å²) in [7, 11) is 0. The Hall–Kier alpha value is -6.24. The molecular formula is C82H98. The van der Waals surface area contributed by atoms with Crippen molar-refractivity contribution in [3.8, 4) is 22.3 Å². The molecule has 8 aromatic rings. The highest BCUT2D eigenvalue weighted by molar-refractivity contribution is 6.21. The van der Waals surface area contributed by atoms with Crippen LogP contribution in [0.5, 0.6) is 0 Å². The average molecular weight is 1080 g/mol. The van der Waals surface area contributed by atoms with Crippen LogP contribution in [0.15, 0.2) is 133 Å². The highest BCUT2D eigenvalue weighted by Crippen LogP contribution is 2.60. The lowest BCUT2D eigenvalue weighted by Crippen LogP contribution is -2.25. The molecule has 10 rings (SSSR count). The highest BCUT2D eigenvalue weighted by atomic mass is 14.4. The fourth-order valence-corrected chi connectivity index (χ4v) is 13.7. The van der Waals surface area contributed by atoms with Crippen molar-refractivity contribution in [1.29, 1.82) is 0 Å². The van der Waals surface area contributed by atoms with Crippen molar-refractivity contribution in [1.82, 2.24) is 0 Å². The Kier molecular flexibility index (Phi) is 14.1. The Morgan fingerprint density at radius 3 is 1.28 bits per heavy atom. The van der Waals surface area contributed by atoms with Crippen LogP contribution in [0.1, 0.15) is 256 Å². The molecule has 2 aliphatic carbocycles. The zero-order chi connectivity index (χ0) is 60.0. The number of benzene rings is 8. The molecule has 0 saturated carbocycles. The minimum Gasteiger partial charge on any atom is -0.0795 e. The zero-order valence-corrected chi connectivity index (χ0v) is 55.1. The van der Waals surface area contributed by atoms with Gasteiger partial charge in [-0.25, -0.2) is 0 Å². The predicted molar refractivity (Wildman–Crippen MR) is 362 cm³/mol. The maximum Gasteiger partial charge on any atom is 0.0361 e. The second-order valence-electron chi connectivity index (χ2n) is 33.1. The van der Waals surface area contributed by atoms with Gasteiger partial charge in [-0.05, 0) is 194 Å². The van der Waals surface area contributed by atoms with Gasteiger partial charge in [0, 0.05) is 5.92 Å². The van der Waals surface area contributed by atoms with Gasteiger partial charge in [-0.1, -0.05) is 300 Å². The minimum atomic E-state index is -0.222. The molecule has 0 saturated heterocycles. The van der Waals surface area contributed by atoms with Crippen LogP contribution in [0.4, 0.5) is 0 Å². The normalized spacial score (nSPS) is 15.5. The molecule has 0 fully saturated rings. The van der Waals surface area contributed by atoms with Crippen molar-refractivity contribution in [2.75, 3.05) is 0 Å². The van der Waals surface area contributed by atoms with Gasteiger partial charge in [0.2, 0.25) is 0 Å². The first-order chi connectivity index (χ1) is 37.8. The largest absolute Gasteiger partial charge is 0.0795 e. The summed E-state index contributed by atoms with van der Waals surface area (Å²) in [4.78, 5) is 0. The average Bonchev–Trinajstić information content (AvgIpc) is 2.55. The standard InChI is InChI=1S/C82H98/c1-75(2,3)52-35-40-56(64(45-52)79(13,14)15)63-44-51-31-27-33-62-69(51)74(70(63)58-39-34-50-29-25-28-49-30-26-32-57(58)68(49)50)73(61-43-38-55(78(10,11)12)48-67(61)82(22,23)24)72(60-42-37-54(77(7,8)9)47-66(60)81(19,20)21)71(62)59-41-36-53(76(4,5)6)46-65(59)80(16,17)18/h25-29,31-48,71H,30H2,1-24H3. The van der Waals surface area contributed by atoms with E-state index in [9.17, 15) is 0 Å². The van der Waals surface area contributed by atoms with Gasteiger partial charge in [-0.15, -0.1) is 0 Å². The van der Waals surface area contributed by atoms with Crippen LogP contribution in [-0.2, 0) is 49.7 Å². The Balaban J connectivity index is 1.58. The van der Waals surface area contributed by atoms with Crippen molar-refractivity contribution < 1.29 is 0 Å². The van der Waals surface area contributed by atoms with Crippen LogP contribution < -0.4 is 0 Å². The molecule has 0 heteroatoms. The molecule has 82 heavy (non-hydrogen) atoms. The Morgan fingerprint density at radius 1 is 0.317 bits per heavy atom. The summed E-state index contributed by atoms with van der Waals surface area (Å²) >= 11 is 0. The van der Waals surface area contributed by atoms with E-state index in [1.165, 1.54) is 138 Å². The summed E-state index contributed by atoms with van der Waals surface area (Å²) in [5.41, 5.74) is 27.5. The summed E-state index contributed by atoms with van der Waals surface area (Å²) < 4.78 is 0. The van der Waals surface area contributed by atoms with E-state index in [2.05, 4.69) is 306 Å². The Labute approximate surface area is 497 Å². The smallest absolute Gasteiger partial charge is 0.0361 e. The van der Waals surface area contributed by atoms with Gasteiger partial charge in [0.1, 0.15) is 0 Å². The van der Waals surface area contributed by atoms with Crippen LogP contribution >= 0.6 is 0 Å². The van der Waals surface area contributed by atoms with Crippen molar-refractivity contribution in [3.05, 3.63) is 217 Å². The molecule has 426 valence electrons. The van der Waals surface area contributed by atoms with Gasteiger partial charge in [-0.3, -0.25) is 0 Å². The molecule has 0 aliphatic heterocycles. The second kappa shape index (κ2) is 19.7. The van der Waals surface area contributed by atoms with Crippen molar-refractivity contribution in [3.63, 3.8) is 0 Å². The van der Waals surface area contributed by atoms with Gasteiger partial charge >= 0.3 is 0 Å². The molecule has 0 N–H and O–H groups in total. The van der Waals surface area contributed by atoms with Crippen LogP contribution in [0.25, 0.3) is 61.0 Å². The van der Waals surface area contributed by atoms with Crippen LogP contribution in [-0.4, -0.2) is 0 Å². The third-order valence-corrected chi connectivity index (χ3v) is 18.3. The summed E-state index contributed by atoms with van der Waals surface area (Å²) in [5.74, 6) is -0.123. The van der Waals surface area contributed by atoms with Crippen LogP contribution in [0, 0.1) is 0 Å². The topological polar surface area (TPSA) is 0 Å². The lowest BCUT2D eigenvalue weighted by atomic mass is 9.62. The van der Waals surface area contributed by atoms with Crippen molar-refractivity contribution in [2.24, 2.45) is 0 Å². The summed E-state index contributed by atoms with van der Waals surface area (Å²) in [6.45, 7) is 57.7. The maximum atomic E-state index is 2.62. The lowest BCUT2D eigenvalue weighted by Gasteiger charge is -2.40. The van der Waals surface area contributed by atoms with E-state index in [0.29, 0.717) is 0 Å². The molecule has 2 aliphatic rings. The van der Waals surface area contributed by atoms with E-state index in [0.717, 1.165) is 6.42 Å². The molecule has 1 unspecified atom stereocenters. The minimum absolute atomic E-state index is 0.0258.